The number of carboxylic acids is 1. The van der Waals surface area contributed by atoms with Crippen LogP contribution in [0.3, 0.4) is 0 Å². The molecule has 0 fully saturated rings. The van der Waals surface area contributed by atoms with Crippen LogP contribution in [0.25, 0.3) is 11.1 Å². The highest BCUT2D eigenvalue weighted by Gasteiger charge is 2.16. The Labute approximate surface area is 149 Å². The maximum Gasteiger partial charge on any atom is 0.338 e. The van der Waals surface area contributed by atoms with Gasteiger partial charge in [0.15, 0.2) is 5.58 Å². The molecule has 1 atom stereocenters. The lowest BCUT2D eigenvalue weighted by atomic mass is 10.1. The van der Waals surface area contributed by atoms with Crippen molar-refractivity contribution in [2.24, 2.45) is 0 Å². The summed E-state index contributed by atoms with van der Waals surface area (Å²) in [5.41, 5.74) is 2.15. The number of nitrogens with zero attached hydrogens (tertiary/aromatic N) is 2. The molecule has 0 aliphatic rings. The van der Waals surface area contributed by atoms with Crippen LogP contribution >= 0.6 is 0 Å². The molecule has 3 rings (SSSR count). The summed E-state index contributed by atoms with van der Waals surface area (Å²) in [6.45, 7) is 0.982. The highest BCUT2D eigenvalue weighted by Crippen LogP contribution is 2.20. The van der Waals surface area contributed by atoms with Gasteiger partial charge in [-0.25, -0.2) is 9.18 Å². The molecule has 0 aliphatic heterocycles. The van der Waals surface area contributed by atoms with Crippen LogP contribution in [0.4, 0.5) is 10.4 Å². The topological polar surface area (TPSA) is 75.8 Å². The largest absolute Gasteiger partial charge is 0.492 e. The number of ether oxygens (including phenoxy) is 1. The Kier molecular flexibility index (Phi) is 5.36. The number of alkyl halides is 1. The van der Waals surface area contributed by atoms with Gasteiger partial charge in [0, 0.05) is 13.5 Å². The predicted molar refractivity (Wildman–Crippen MR) is 95.5 cm³/mol. The number of aliphatic carboxylic acids is 1. The first-order chi connectivity index (χ1) is 12.5. The number of halogens is 1. The molecular formula is C19H19FN2O4. The Morgan fingerprint density at radius 1 is 1.27 bits per heavy atom. The molecule has 7 heteroatoms. The smallest absolute Gasteiger partial charge is 0.338 e. The highest BCUT2D eigenvalue weighted by atomic mass is 19.1. The van der Waals surface area contributed by atoms with Crippen LogP contribution in [0.5, 0.6) is 5.75 Å². The van der Waals surface area contributed by atoms with E-state index in [9.17, 15) is 9.18 Å². The van der Waals surface area contributed by atoms with E-state index in [2.05, 4.69) is 4.98 Å². The molecule has 0 aliphatic carbocycles. The standard InChI is InChI=1S/C19H19FN2O4/c1-22(19-21-16-4-2-3-5-17(16)26-19)10-11-25-14-8-6-13(7-9-14)12-15(20)18(23)24/h2-9,15H,10-12H2,1H3,(H,23,24). The van der Waals surface area contributed by atoms with E-state index in [4.69, 9.17) is 14.3 Å². The van der Waals surface area contributed by atoms with Crippen LogP contribution in [-0.2, 0) is 11.2 Å². The van der Waals surface area contributed by atoms with E-state index in [1.807, 2.05) is 36.2 Å². The van der Waals surface area contributed by atoms with Gasteiger partial charge in [-0.2, -0.15) is 4.98 Å². The monoisotopic (exact) mass is 358 g/mol. The Balaban J connectivity index is 1.50. The normalized spacial score (nSPS) is 12.1. The molecule has 3 aromatic rings. The zero-order valence-electron chi connectivity index (χ0n) is 14.3. The van der Waals surface area contributed by atoms with Crippen LogP contribution in [0.2, 0.25) is 0 Å². The number of hydrogen-bond donors (Lipinski definition) is 1. The van der Waals surface area contributed by atoms with Gasteiger partial charge in [0.2, 0.25) is 6.17 Å². The molecule has 1 N–H and O–H groups in total. The van der Waals surface area contributed by atoms with E-state index >= 15 is 0 Å². The van der Waals surface area contributed by atoms with Crippen molar-refractivity contribution in [1.82, 2.24) is 4.98 Å². The lowest BCUT2D eigenvalue weighted by Gasteiger charge is -2.15. The number of likely N-dealkylation sites (N-methyl/N-ethyl adjacent to an activating group) is 1. The second-order valence-corrected chi connectivity index (χ2v) is 5.89. The molecule has 136 valence electrons. The van der Waals surface area contributed by atoms with Gasteiger partial charge in [0.1, 0.15) is 17.9 Å². The van der Waals surface area contributed by atoms with Crippen LogP contribution in [0.1, 0.15) is 5.56 Å². The quantitative estimate of drug-likeness (QED) is 0.666. The summed E-state index contributed by atoms with van der Waals surface area (Å²) in [7, 11) is 1.87. The van der Waals surface area contributed by atoms with Crippen molar-refractivity contribution in [2.45, 2.75) is 12.6 Å². The van der Waals surface area contributed by atoms with E-state index in [1.165, 1.54) is 0 Å². The number of rotatable bonds is 8. The number of carboxylic acid groups (broad SMARTS) is 1. The Morgan fingerprint density at radius 3 is 2.69 bits per heavy atom. The molecule has 0 bridgehead atoms. The molecule has 6 nitrogen and oxygen atoms in total. The van der Waals surface area contributed by atoms with Gasteiger partial charge in [-0.05, 0) is 29.8 Å². The first-order valence-electron chi connectivity index (χ1n) is 8.18. The van der Waals surface area contributed by atoms with E-state index in [1.54, 1.807) is 24.3 Å². The van der Waals surface area contributed by atoms with Crippen molar-refractivity contribution in [3.63, 3.8) is 0 Å². The Hall–Kier alpha value is -3.09. The van der Waals surface area contributed by atoms with Crippen molar-refractivity contribution in [3.8, 4) is 5.75 Å². The van der Waals surface area contributed by atoms with Crippen LogP contribution in [0, 0.1) is 0 Å². The second-order valence-electron chi connectivity index (χ2n) is 5.89. The lowest BCUT2D eigenvalue weighted by Crippen LogP contribution is -2.24. The zero-order valence-corrected chi connectivity index (χ0v) is 14.3. The summed E-state index contributed by atoms with van der Waals surface area (Å²) >= 11 is 0. The third kappa shape index (κ3) is 4.30. The van der Waals surface area contributed by atoms with Gasteiger partial charge < -0.3 is 19.2 Å². The first kappa shape index (κ1) is 17.7. The van der Waals surface area contributed by atoms with Crippen molar-refractivity contribution in [3.05, 3.63) is 54.1 Å². The van der Waals surface area contributed by atoms with Crippen LogP contribution < -0.4 is 9.64 Å². The minimum atomic E-state index is -1.90. The number of fused-ring (bicyclic) bond motifs is 1. The Bertz CT molecular complexity index is 846. The maximum absolute atomic E-state index is 13.2. The van der Waals surface area contributed by atoms with Gasteiger partial charge in [-0.3, -0.25) is 0 Å². The summed E-state index contributed by atoms with van der Waals surface area (Å²) in [6.07, 6.45) is -2.05. The van der Waals surface area contributed by atoms with Crippen molar-refractivity contribution >= 4 is 23.1 Å². The van der Waals surface area contributed by atoms with Crippen LogP contribution in [0.15, 0.2) is 52.9 Å². The number of hydrogen-bond acceptors (Lipinski definition) is 5. The maximum atomic E-state index is 13.2. The number of carbonyl (C=O) groups is 1. The Morgan fingerprint density at radius 2 is 2.00 bits per heavy atom. The summed E-state index contributed by atoms with van der Waals surface area (Å²) in [4.78, 5) is 16.8. The van der Waals surface area contributed by atoms with E-state index in [0.29, 0.717) is 30.5 Å². The molecule has 0 spiro atoms. The third-order valence-electron chi connectivity index (χ3n) is 3.91. The molecule has 1 unspecified atom stereocenters. The summed E-state index contributed by atoms with van der Waals surface area (Å²) < 4.78 is 24.5. The summed E-state index contributed by atoms with van der Waals surface area (Å²) in [5, 5.41) is 8.59. The first-order valence-corrected chi connectivity index (χ1v) is 8.18. The van der Waals surface area contributed by atoms with Gasteiger partial charge in [-0.1, -0.05) is 24.3 Å². The number of para-hydroxylation sites is 2. The predicted octanol–water partition coefficient (Wildman–Crippen LogP) is 3.31. The summed E-state index contributed by atoms with van der Waals surface area (Å²) in [5.74, 6) is -0.821. The highest BCUT2D eigenvalue weighted by molar-refractivity contribution is 5.74. The molecule has 1 aromatic heterocycles. The van der Waals surface area contributed by atoms with E-state index < -0.39 is 12.1 Å². The van der Waals surface area contributed by atoms with Gasteiger partial charge in [0.25, 0.3) is 6.01 Å². The average Bonchev–Trinajstić information content (AvgIpc) is 3.07. The molecule has 2 aromatic carbocycles. The van der Waals surface area contributed by atoms with Crippen molar-refractivity contribution in [1.29, 1.82) is 0 Å². The SMILES string of the molecule is CN(CCOc1ccc(CC(F)C(=O)O)cc1)c1nc2ccccc2o1. The lowest BCUT2D eigenvalue weighted by molar-refractivity contribution is -0.142. The van der Waals surface area contributed by atoms with Crippen molar-refractivity contribution < 1.29 is 23.4 Å². The van der Waals surface area contributed by atoms with Gasteiger partial charge >= 0.3 is 5.97 Å². The molecule has 0 radical (unpaired) electrons. The molecule has 0 amide bonds. The minimum Gasteiger partial charge on any atom is -0.492 e. The second kappa shape index (κ2) is 7.86. The molecular weight excluding hydrogens is 339 g/mol. The third-order valence-corrected chi connectivity index (χ3v) is 3.91. The summed E-state index contributed by atoms with van der Waals surface area (Å²) in [6, 6.07) is 14.8. The van der Waals surface area contributed by atoms with Crippen molar-refractivity contribution in [2.75, 3.05) is 25.1 Å². The fourth-order valence-electron chi connectivity index (χ4n) is 2.44. The minimum absolute atomic E-state index is 0.157. The molecule has 0 saturated heterocycles. The fraction of sp³-hybridized carbons (Fsp3) is 0.263. The van der Waals surface area contributed by atoms with Crippen LogP contribution in [-0.4, -0.2) is 42.4 Å². The fourth-order valence-corrected chi connectivity index (χ4v) is 2.44. The van der Waals surface area contributed by atoms with E-state index in [-0.39, 0.29) is 6.42 Å². The zero-order chi connectivity index (χ0) is 18.5. The van der Waals surface area contributed by atoms with Gasteiger partial charge in [-0.15, -0.1) is 0 Å². The number of benzene rings is 2. The van der Waals surface area contributed by atoms with Gasteiger partial charge in [0.05, 0.1) is 6.54 Å². The number of aromatic nitrogens is 1. The number of oxazole rings is 1. The molecule has 1 heterocycles. The molecule has 26 heavy (non-hydrogen) atoms. The van der Waals surface area contributed by atoms with E-state index in [0.717, 1.165) is 11.1 Å². The number of anilines is 1. The average molecular weight is 358 g/mol. The molecule has 0 saturated carbocycles.